The molecule has 19 heavy (non-hydrogen) atoms. The molecule has 0 aromatic carbocycles. The van der Waals surface area contributed by atoms with Gasteiger partial charge >= 0.3 is 0 Å². The Hall–Kier alpha value is -0.950. The minimum atomic E-state index is -2.83. The zero-order valence-electron chi connectivity index (χ0n) is 11.2. The van der Waals surface area contributed by atoms with Gasteiger partial charge in [-0.1, -0.05) is 6.92 Å². The van der Waals surface area contributed by atoms with E-state index in [1.54, 1.807) is 6.92 Å². The number of carbonyl (C=O) groups is 2. The van der Waals surface area contributed by atoms with Crippen LogP contribution < -0.4 is 10.6 Å². The number of halogens is 3. The van der Waals surface area contributed by atoms with E-state index in [4.69, 9.17) is 0 Å². The van der Waals surface area contributed by atoms with Crippen molar-refractivity contribution in [1.82, 2.24) is 15.5 Å². The van der Waals surface area contributed by atoms with Crippen molar-refractivity contribution >= 4 is 24.2 Å². The number of nitrogens with one attached hydrogen (secondary N) is 2. The number of hydrogen-bond acceptors (Lipinski definition) is 3. The first-order chi connectivity index (χ1) is 8.26. The van der Waals surface area contributed by atoms with Gasteiger partial charge in [-0.25, -0.2) is 8.78 Å². The summed E-state index contributed by atoms with van der Waals surface area (Å²) in [6, 6.07) is -0.859. The zero-order chi connectivity index (χ0) is 13.9. The van der Waals surface area contributed by atoms with Crippen LogP contribution in [0.25, 0.3) is 0 Å². The van der Waals surface area contributed by atoms with E-state index in [0.29, 0.717) is 0 Å². The Morgan fingerprint density at radius 3 is 2.53 bits per heavy atom. The summed E-state index contributed by atoms with van der Waals surface area (Å²) in [5.74, 6) is -3.78. The fourth-order valence-electron chi connectivity index (χ4n) is 1.99. The van der Waals surface area contributed by atoms with Crippen LogP contribution in [0.2, 0.25) is 0 Å². The highest BCUT2D eigenvalue weighted by molar-refractivity contribution is 5.85. The van der Waals surface area contributed by atoms with Crippen LogP contribution in [0.15, 0.2) is 0 Å². The predicted octanol–water partition coefficient (Wildman–Crippen LogP) is 0.246. The molecule has 0 aromatic rings. The predicted molar refractivity (Wildman–Crippen MR) is 69.5 cm³/mol. The molecule has 1 fully saturated rings. The van der Waals surface area contributed by atoms with Crippen LogP contribution >= 0.6 is 12.4 Å². The minimum Gasteiger partial charge on any atom is -0.359 e. The number of carbonyl (C=O) groups excluding carboxylic acids is 2. The van der Waals surface area contributed by atoms with E-state index >= 15 is 0 Å². The van der Waals surface area contributed by atoms with Crippen LogP contribution in [0.1, 0.15) is 13.3 Å². The number of amides is 2. The lowest BCUT2D eigenvalue weighted by atomic mass is 10.1. The molecule has 2 unspecified atom stereocenters. The summed E-state index contributed by atoms with van der Waals surface area (Å²) < 4.78 is 25.9. The Morgan fingerprint density at radius 1 is 1.53 bits per heavy atom. The topological polar surface area (TPSA) is 61.4 Å². The molecule has 0 radical (unpaired) electrons. The van der Waals surface area contributed by atoms with Crippen molar-refractivity contribution in [3.05, 3.63) is 0 Å². The molecular formula is C11H20ClF2N3O2. The Labute approximate surface area is 117 Å². The smallest absolute Gasteiger partial charge is 0.262 e. The first-order valence-electron chi connectivity index (χ1n) is 5.84. The number of likely N-dealkylation sites (N-methyl/N-ethyl adjacent to an activating group) is 1. The van der Waals surface area contributed by atoms with Gasteiger partial charge in [-0.2, -0.15) is 0 Å². The molecule has 1 rings (SSSR count). The second-order valence-corrected chi connectivity index (χ2v) is 4.73. The van der Waals surface area contributed by atoms with Gasteiger partial charge in [0.1, 0.15) is 0 Å². The second kappa shape index (κ2) is 7.00. The first-order valence-corrected chi connectivity index (χ1v) is 5.84. The van der Waals surface area contributed by atoms with Crippen molar-refractivity contribution in [2.75, 3.05) is 27.2 Å². The quantitative estimate of drug-likeness (QED) is 0.782. The van der Waals surface area contributed by atoms with E-state index in [1.165, 1.54) is 19.0 Å². The maximum atomic E-state index is 13.0. The van der Waals surface area contributed by atoms with Gasteiger partial charge in [0.2, 0.25) is 11.8 Å². The summed E-state index contributed by atoms with van der Waals surface area (Å²) in [6.07, 6.45) is -0.482. The van der Waals surface area contributed by atoms with Gasteiger partial charge in [-0.3, -0.25) is 14.9 Å². The zero-order valence-corrected chi connectivity index (χ0v) is 12.0. The van der Waals surface area contributed by atoms with Crippen LogP contribution in [0.3, 0.4) is 0 Å². The molecule has 1 saturated heterocycles. The molecular weight excluding hydrogens is 280 g/mol. The van der Waals surface area contributed by atoms with Crippen molar-refractivity contribution < 1.29 is 18.4 Å². The number of alkyl halides is 2. The Bertz CT molecular complexity index is 342. The average molecular weight is 300 g/mol. The maximum absolute atomic E-state index is 13.0. The maximum Gasteiger partial charge on any atom is 0.262 e. The highest BCUT2D eigenvalue weighted by Crippen LogP contribution is 2.25. The van der Waals surface area contributed by atoms with Gasteiger partial charge in [0, 0.05) is 27.1 Å². The molecule has 0 aromatic heterocycles. The van der Waals surface area contributed by atoms with Crippen LogP contribution in [0, 0.1) is 5.92 Å². The van der Waals surface area contributed by atoms with Gasteiger partial charge in [-0.15, -0.1) is 12.4 Å². The monoisotopic (exact) mass is 299 g/mol. The van der Waals surface area contributed by atoms with Crippen LogP contribution in [0.5, 0.6) is 0 Å². The lowest BCUT2D eigenvalue weighted by Crippen LogP contribution is -2.45. The summed E-state index contributed by atoms with van der Waals surface area (Å²) in [4.78, 5) is 24.5. The molecule has 2 N–H and O–H groups in total. The molecule has 0 aliphatic carbocycles. The van der Waals surface area contributed by atoms with E-state index in [9.17, 15) is 18.4 Å². The summed E-state index contributed by atoms with van der Waals surface area (Å²) >= 11 is 0. The molecule has 5 nitrogen and oxygen atoms in total. The fraction of sp³-hybridized carbons (Fsp3) is 0.818. The average Bonchev–Trinajstić information content (AvgIpc) is 2.67. The molecule has 1 aliphatic rings. The normalized spacial score (nSPS) is 22.3. The standard InChI is InChI=1S/C11H19F2N3O2.ClH/c1-7(9(17)14-2)5-16(3)10(18)8-4-11(12,13)6-15-8;/h7-8,15H,4-6H2,1-3H3,(H,14,17);1H. The second-order valence-electron chi connectivity index (χ2n) is 4.73. The molecule has 0 saturated carbocycles. The van der Waals surface area contributed by atoms with Gasteiger partial charge in [0.25, 0.3) is 5.92 Å². The molecule has 2 atom stereocenters. The van der Waals surface area contributed by atoms with Crippen LogP contribution in [0.4, 0.5) is 8.78 Å². The minimum absolute atomic E-state index is 0. The third kappa shape index (κ3) is 4.91. The van der Waals surface area contributed by atoms with Crippen LogP contribution in [-0.2, 0) is 9.59 Å². The Kier molecular flexibility index (Phi) is 6.65. The van der Waals surface area contributed by atoms with E-state index in [0.717, 1.165) is 0 Å². The molecule has 0 spiro atoms. The third-order valence-electron chi connectivity index (χ3n) is 3.03. The van der Waals surface area contributed by atoms with Crippen molar-refractivity contribution in [3.63, 3.8) is 0 Å². The molecule has 8 heteroatoms. The molecule has 2 amide bonds. The summed E-state index contributed by atoms with van der Waals surface area (Å²) in [6.45, 7) is 1.42. The summed E-state index contributed by atoms with van der Waals surface area (Å²) in [7, 11) is 3.03. The number of rotatable bonds is 4. The fourth-order valence-corrected chi connectivity index (χ4v) is 1.99. The van der Waals surface area contributed by atoms with E-state index in [-0.39, 0.29) is 30.8 Å². The van der Waals surface area contributed by atoms with Crippen molar-refractivity contribution in [3.8, 4) is 0 Å². The van der Waals surface area contributed by atoms with Gasteiger partial charge < -0.3 is 10.2 Å². The Balaban J connectivity index is 0.00000324. The first kappa shape index (κ1) is 18.0. The lowest BCUT2D eigenvalue weighted by molar-refractivity contribution is -0.134. The largest absolute Gasteiger partial charge is 0.359 e. The third-order valence-corrected chi connectivity index (χ3v) is 3.03. The SMILES string of the molecule is CNC(=O)C(C)CN(C)C(=O)C1CC(F)(F)CN1.Cl. The van der Waals surface area contributed by atoms with Gasteiger partial charge in [0.15, 0.2) is 0 Å². The van der Waals surface area contributed by atoms with Gasteiger partial charge in [-0.05, 0) is 0 Å². The molecule has 1 aliphatic heterocycles. The van der Waals surface area contributed by atoms with Crippen molar-refractivity contribution in [2.45, 2.75) is 25.3 Å². The van der Waals surface area contributed by atoms with E-state index < -0.39 is 30.8 Å². The number of hydrogen-bond donors (Lipinski definition) is 2. The van der Waals surface area contributed by atoms with E-state index in [2.05, 4.69) is 10.6 Å². The molecule has 0 bridgehead atoms. The number of nitrogens with zero attached hydrogens (tertiary/aromatic N) is 1. The van der Waals surface area contributed by atoms with E-state index in [1.807, 2.05) is 0 Å². The highest BCUT2D eigenvalue weighted by atomic mass is 35.5. The molecule has 112 valence electrons. The summed E-state index contributed by atoms with van der Waals surface area (Å²) in [5.41, 5.74) is 0. The highest BCUT2D eigenvalue weighted by Gasteiger charge is 2.43. The lowest BCUT2D eigenvalue weighted by Gasteiger charge is -2.23. The Morgan fingerprint density at radius 2 is 2.11 bits per heavy atom. The van der Waals surface area contributed by atoms with Crippen molar-refractivity contribution in [2.24, 2.45) is 5.92 Å². The van der Waals surface area contributed by atoms with Gasteiger partial charge in [0.05, 0.1) is 18.5 Å². The van der Waals surface area contributed by atoms with Crippen LogP contribution in [-0.4, -0.2) is 55.9 Å². The summed E-state index contributed by atoms with van der Waals surface area (Å²) in [5, 5.41) is 4.98. The van der Waals surface area contributed by atoms with Crippen molar-refractivity contribution in [1.29, 1.82) is 0 Å². The molecule has 1 heterocycles.